The summed E-state index contributed by atoms with van der Waals surface area (Å²) < 4.78 is 0. The second-order valence-electron chi connectivity index (χ2n) is 3.99. The van der Waals surface area contributed by atoms with Crippen LogP contribution in [0.2, 0.25) is 0 Å². The van der Waals surface area contributed by atoms with Gasteiger partial charge in [-0.3, -0.25) is 0 Å². The third-order valence-corrected chi connectivity index (χ3v) is 3.06. The molecule has 1 aliphatic rings. The molecule has 0 bridgehead atoms. The summed E-state index contributed by atoms with van der Waals surface area (Å²) >= 11 is 0. The van der Waals surface area contributed by atoms with E-state index in [1.54, 1.807) is 0 Å². The average molecular weight is 199 g/mol. The molecule has 1 aromatic carbocycles. The minimum atomic E-state index is 0.498. The first kappa shape index (κ1) is 8.80. The van der Waals surface area contributed by atoms with E-state index < -0.39 is 0 Å². The van der Waals surface area contributed by atoms with Crippen molar-refractivity contribution < 1.29 is 0 Å². The Morgan fingerprint density at radius 3 is 3.00 bits per heavy atom. The minimum Gasteiger partial charge on any atom is -0.310 e. The van der Waals surface area contributed by atoms with Crippen molar-refractivity contribution in [3.05, 3.63) is 36.2 Å². The molecule has 1 atom stereocenters. The smallest absolute Gasteiger partial charge is 0.0578 e. The third kappa shape index (κ3) is 1.49. The summed E-state index contributed by atoms with van der Waals surface area (Å²) in [5.74, 6) is 0. The topological polar surface area (TPSA) is 37.8 Å². The van der Waals surface area contributed by atoms with E-state index in [-0.39, 0.29) is 0 Å². The van der Waals surface area contributed by atoms with E-state index in [4.69, 9.17) is 0 Å². The number of nitrogens with zero attached hydrogens (tertiary/aromatic N) is 2. The molecule has 0 spiro atoms. The van der Waals surface area contributed by atoms with Crippen LogP contribution in [0.5, 0.6) is 0 Å². The Labute approximate surface area is 88.5 Å². The van der Waals surface area contributed by atoms with Gasteiger partial charge in [-0.15, -0.1) is 0 Å². The van der Waals surface area contributed by atoms with Crippen molar-refractivity contribution in [3.8, 4) is 0 Å². The molecular formula is C12H13N3. The van der Waals surface area contributed by atoms with Gasteiger partial charge in [0.15, 0.2) is 0 Å². The fourth-order valence-corrected chi connectivity index (χ4v) is 2.30. The number of nitrogens with one attached hydrogen (secondary N) is 1. The van der Waals surface area contributed by atoms with Gasteiger partial charge in [-0.2, -0.15) is 10.2 Å². The molecule has 15 heavy (non-hydrogen) atoms. The molecule has 1 N–H and O–H groups in total. The molecule has 3 heteroatoms. The average Bonchev–Trinajstić information content (AvgIpc) is 2.82. The molecule has 1 aromatic heterocycles. The second kappa shape index (κ2) is 3.59. The van der Waals surface area contributed by atoms with Crippen LogP contribution in [0.25, 0.3) is 10.8 Å². The molecule has 3 rings (SSSR count). The molecule has 0 saturated carbocycles. The Balaban J connectivity index is 2.16. The predicted molar refractivity (Wildman–Crippen MR) is 59.5 cm³/mol. The summed E-state index contributed by atoms with van der Waals surface area (Å²) in [7, 11) is 0. The van der Waals surface area contributed by atoms with Gasteiger partial charge in [0.2, 0.25) is 0 Å². The van der Waals surface area contributed by atoms with Gasteiger partial charge in [-0.1, -0.05) is 18.2 Å². The lowest BCUT2D eigenvalue weighted by molar-refractivity contribution is 0.652. The van der Waals surface area contributed by atoms with Crippen LogP contribution in [0.15, 0.2) is 30.6 Å². The zero-order valence-corrected chi connectivity index (χ0v) is 8.48. The first-order chi connectivity index (χ1) is 7.45. The van der Waals surface area contributed by atoms with Crippen molar-refractivity contribution in [2.24, 2.45) is 0 Å². The van der Waals surface area contributed by atoms with Gasteiger partial charge in [-0.05, 0) is 24.9 Å². The first-order valence-electron chi connectivity index (χ1n) is 5.38. The maximum absolute atomic E-state index is 3.97. The quantitative estimate of drug-likeness (QED) is 0.763. The molecule has 1 saturated heterocycles. The van der Waals surface area contributed by atoms with E-state index in [0.717, 1.165) is 6.54 Å². The van der Waals surface area contributed by atoms with Crippen LogP contribution < -0.4 is 5.32 Å². The van der Waals surface area contributed by atoms with Gasteiger partial charge < -0.3 is 5.32 Å². The molecule has 2 heterocycles. The highest BCUT2D eigenvalue weighted by Crippen LogP contribution is 2.28. The van der Waals surface area contributed by atoms with Crippen LogP contribution >= 0.6 is 0 Å². The third-order valence-electron chi connectivity index (χ3n) is 3.06. The summed E-state index contributed by atoms with van der Waals surface area (Å²) in [6, 6.07) is 6.87. The van der Waals surface area contributed by atoms with Gasteiger partial charge in [0, 0.05) is 16.8 Å². The van der Waals surface area contributed by atoms with E-state index in [0.29, 0.717) is 6.04 Å². The number of fused-ring (bicyclic) bond motifs is 1. The number of rotatable bonds is 1. The number of hydrogen-bond acceptors (Lipinski definition) is 3. The highest BCUT2D eigenvalue weighted by atomic mass is 15.1. The van der Waals surface area contributed by atoms with Gasteiger partial charge in [-0.25, -0.2) is 0 Å². The van der Waals surface area contributed by atoms with Gasteiger partial charge in [0.05, 0.1) is 12.4 Å². The van der Waals surface area contributed by atoms with E-state index in [1.807, 2.05) is 12.4 Å². The van der Waals surface area contributed by atoms with Crippen molar-refractivity contribution in [2.45, 2.75) is 18.9 Å². The Morgan fingerprint density at radius 1 is 1.20 bits per heavy atom. The zero-order valence-electron chi connectivity index (χ0n) is 8.48. The van der Waals surface area contributed by atoms with Gasteiger partial charge >= 0.3 is 0 Å². The maximum atomic E-state index is 3.97. The number of benzene rings is 1. The lowest BCUT2D eigenvalue weighted by Gasteiger charge is -2.12. The zero-order chi connectivity index (χ0) is 10.1. The molecule has 3 nitrogen and oxygen atoms in total. The van der Waals surface area contributed by atoms with E-state index in [1.165, 1.54) is 29.2 Å². The molecule has 1 fully saturated rings. The Kier molecular flexibility index (Phi) is 2.10. The summed E-state index contributed by atoms with van der Waals surface area (Å²) in [6.07, 6.45) is 6.18. The lowest BCUT2D eigenvalue weighted by atomic mass is 10.00. The minimum absolute atomic E-state index is 0.498. The van der Waals surface area contributed by atoms with Gasteiger partial charge in [0.1, 0.15) is 0 Å². The summed E-state index contributed by atoms with van der Waals surface area (Å²) in [5.41, 5.74) is 1.36. The van der Waals surface area contributed by atoms with Crippen LogP contribution in [0.4, 0.5) is 0 Å². The first-order valence-corrected chi connectivity index (χ1v) is 5.38. The number of hydrogen-bond donors (Lipinski definition) is 1. The standard InChI is InChI=1S/C12H13N3/c1-3-9-7-14-15-8-11(9)10(4-1)12-5-2-6-13-12/h1,3-4,7-8,12-13H,2,5-6H2. The molecule has 0 radical (unpaired) electrons. The van der Waals surface area contributed by atoms with Crippen LogP contribution in [0.1, 0.15) is 24.4 Å². The Hall–Kier alpha value is -1.48. The fourth-order valence-electron chi connectivity index (χ4n) is 2.30. The van der Waals surface area contributed by atoms with Crippen LogP contribution in [-0.4, -0.2) is 16.7 Å². The molecule has 0 aliphatic carbocycles. The van der Waals surface area contributed by atoms with Crippen molar-refractivity contribution in [1.82, 2.24) is 15.5 Å². The summed E-state index contributed by atoms with van der Waals surface area (Å²) in [5, 5.41) is 13.8. The lowest BCUT2D eigenvalue weighted by Crippen LogP contribution is -2.13. The van der Waals surface area contributed by atoms with Crippen LogP contribution in [0, 0.1) is 0 Å². The van der Waals surface area contributed by atoms with Crippen molar-refractivity contribution in [3.63, 3.8) is 0 Å². The summed E-state index contributed by atoms with van der Waals surface area (Å²) in [6.45, 7) is 1.12. The molecule has 76 valence electrons. The molecule has 1 unspecified atom stereocenters. The maximum Gasteiger partial charge on any atom is 0.0578 e. The Morgan fingerprint density at radius 2 is 2.13 bits per heavy atom. The fraction of sp³-hybridized carbons (Fsp3) is 0.333. The van der Waals surface area contributed by atoms with Crippen molar-refractivity contribution in [2.75, 3.05) is 6.54 Å². The van der Waals surface area contributed by atoms with E-state index in [9.17, 15) is 0 Å². The SMILES string of the molecule is c1cc(C2CCCN2)c2cnncc2c1. The van der Waals surface area contributed by atoms with Crippen LogP contribution in [-0.2, 0) is 0 Å². The molecule has 0 amide bonds. The second-order valence-corrected chi connectivity index (χ2v) is 3.99. The number of aromatic nitrogens is 2. The molecule has 1 aliphatic heterocycles. The molecule has 2 aromatic rings. The molecular weight excluding hydrogens is 186 g/mol. The summed E-state index contributed by atoms with van der Waals surface area (Å²) in [4.78, 5) is 0. The normalized spacial score (nSPS) is 20.9. The highest BCUT2D eigenvalue weighted by molar-refractivity contribution is 5.84. The van der Waals surface area contributed by atoms with E-state index in [2.05, 4.69) is 33.7 Å². The van der Waals surface area contributed by atoms with Crippen molar-refractivity contribution in [1.29, 1.82) is 0 Å². The van der Waals surface area contributed by atoms with Crippen LogP contribution in [0.3, 0.4) is 0 Å². The monoisotopic (exact) mass is 199 g/mol. The highest BCUT2D eigenvalue weighted by Gasteiger charge is 2.17. The predicted octanol–water partition coefficient (Wildman–Crippen LogP) is 2.05. The van der Waals surface area contributed by atoms with Gasteiger partial charge in [0.25, 0.3) is 0 Å². The van der Waals surface area contributed by atoms with E-state index >= 15 is 0 Å². The Bertz CT molecular complexity index is 470. The van der Waals surface area contributed by atoms with Crippen molar-refractivity contribution >= 4 is 10.8 Å². The largest absolute Gasteiger partial charge is 0.310 e.